The molecule has 0 unspecified atom stereocenters. The van der Waals surface area contributed by atoms with Crippen LogP contribution < -0.4 is 5.32 Å². The smallest absolute Gasteiger partial charge is 0.303 e. The van der Waals surface area contributed by atoms with Crippen molar-refractivity contribution in [2.75, 3.05) is 6.54 Å². The van der Waals surface area contributed by atoms with Crippen molar-refractivity contribution in [3.63, 3.8) is 0 Å². The Morgan fingerprint density at radius 2 is 1.80 bits per heavy atom. The topological polar surface area (TPSA) is 92.4 Å². The second-order valence-electron chi connectivity index (χ2n) is 10.5. The molecule has 2 fully saturated rings. The number of unbranched alkanes of at least 4 members (excludes halogenated alkanes) is 1. The van der Waals surface area contributed by atoms with Crippen LogP contribution in [0.2, 0.25) is 0 Å². The maximum Gasteiger partial charge on any atom is 0.303 e. The van der Waals surface area contributed by atoms with E-state index in [1.165, 1.54) is 63.2 Å². The first kappa shape index (κ1) is 25.5. The van der Waals surface area contributed by atoms with Crippen LogP contribution in [0.5, 0.6) is 0 Å². The molecule has 2 N–H and O–H groups in total. The van der Waals surface area contributed by atoms with E-state index in [2.05, 4.69) is 17.2 Å². The highest BCUT2D eigenvalue weighted by Crippen LogP contribution is 2.42. The number of carbonyl (C=O) groups is 2. The summed E-state index contributed by atoms with van der Waals surface area (Å²) in [6, 6.07) is 3.99. The number of benzene rings is 1. The summed E-state index contributed by atoms with van der Waals surface area (Å²) in [5.74, 6) is 0.805. The lowest BCUT2D eigenvalue weighted by Gasteiger charge is -2.21. The van der Waals surface area contributed by atoms with Gasteiger partial charge in [-0.05, 0) is 67.2 Å². The Hall–Kier alpha value is -2.63. The van der Waals surface area contributed by atoms with E-state index in [1.54, 1.807) is 0 Å². The van der Waals surface area contributed by atoms with Crippen LogP contribution in [0.25, 0.3) is 11.5 Å². The number of carbonyl (C=O) groups excluding carboxylic acids is 1. The number of aryl methyl sites for hydroxylation is 1. The van der Waals surface area contributed by atoms with E-state index < -0.39 is 5.97 Å². The highest BCUT2D eigenvalue weighted by molar-refractivity contribution is 5.92. The number of nitrogens with one attached hydrogen (secondary N) is 1. The third kappa shape index (κ3) is 6.74. The minimum Gasteiger partial charge on any atom is -0.481 e. The van der Waals surface area contributed by atoms with E-state index in [9.17, 15) is 9.59 Å². The number of oxazole rings is 1. The molecule has 1 heterocycles. The molecule has 6 heteroatoms. The molecule has 1 aromatic heterocycles. The molecule has 4 rings (SSSR count). The van der Waals surface area contributed by atoms with Gasteiger partial charge < -0.3 is 14.8 Å². The summed E-state index contributed by atoms with van der Waals surface area (Å²) in [6.45, 7) is 2.75. The van der Waals surface area contributed by atoms with Crippen LogP contribution >= 0.6 is 0 Å². The number of nitrogens with zero attached hydrogens (tertiary/aromatic N) is 1. The van der Waals surface area contributed by atoms with Gasteiger partial charge >= 0.3 is 5.97 Å². The number of rotatable bonds is 11. The normalized spacial score (nSPS) is 17.1. The minimum absolute atomic E-state index is 0.119. The van der Waals surface area contributed by atoms with Gasteiger partial charge in [-0.2, -0.15) is 0 Å². The number of amides is 1. The summed E-state index contributed by atoms with van der Waals surface area (Å²) in [5, 5.41) is 12.1. The first-order valence-corrected chi connectivity index (χ1v) is 13.6. The van der Waals surface area contributed by atoms with Crippen molar-refractivity contribution in [1.29, 1.82) is 0 Å². The molecule has 2 saturated carbocycles. The number of aromatic nitrogens is 1. The van der Waals surface area contributed by atoms with Gasteiger partial charge in [0.25, 0.3) is 5.91 Å². The minimum atomic E-state index is -0.784. The van der Waals surface area contributed by atoms with E-state index in [4.69, 9.17) is 9.52 Å². The molecule has 0 radical (unpaired) electrons. The Morgan fingerprint density at radius 3 is 2.54 bits per heavy atom. The zero-order valence-electron chi connectivity index (χ0n) is 21.1. The summed E-state index contributed by atoms with van der Waals surface area (Å²) in [5.41, 5.74) is 4.66. The van der Waals surface area contributed by atoms with Crippen molar-refractivity contribution < 1.29 is 19.1 Å². The standard InChI is InChI=1S/C29H40N2O4/c1-20-22(15-17-26(32)33)14-16-24(27(20)23-12-5-6-13-23)29-31-25(19-35-29)28(34)30-18-8-7-11-21-9-3-2-4-10-21/h14,16,19,21,23H,2-13,15,17-18H2,1H3,(H,30,34)(H,32,33). The Morgan fingerprint density at radius 1 is 1.06 bits per heavy atom. The molecule has 2 aromatic rings. The molecule has 1 aromatic carbocycles. The van der Waals surface area contributed by atoms with E-state index in [-0.39, 0.29) is 12.3 Å². The van der Waals surface area contributed by atoms with Gasteiger partial charge in [-0.15, -0.1) is 0 Å². The first-order valence-electron chi connectivity index (χ1n) is 13.6. The molecule has 0 aliphatic heterocycles. The van der Waals surface area contributed by atoms with Crippen LogP contribution in [0.1, 0.15) is 117 Å². The second kappa shape index (κ2) is 12.4. The maximum atomic E-state index is 12.7. The second-order valence-corrected chi connectivity index (χ2v) is 10.5. The number of hydrogen-bond donors (Lipinski definition) is 2. The van der Waals surface area contributed by atoms with Gasteiger partial charge in [0.2, 0.25) is 5.89 Å². The van der Waals surface area contributed by atoms with Crippen molar-refractivity contribution in [2.45, 2.75) is 103 Å². The van der Waals surface area contributed by atoms with Gasteiger partial charge in [0.1, 0.15) is 6.26 Å². The lowest BCUT2D eigenvalue weighted by Crippen LogP contribution is -2.24. The molecule has 0 spiro atoms. The van der Waals surface area contributed by atoms with E-state index in [0.717, 1.165) is 48.3 Å². The molecular weight excluding hydrogens is 440 g/mol. The van der Waals surface area contributed by atoms with Crippen LogP contribution in [0.4, 0.5) is 0 Å². The fourth-order valence-corrected chi connectivity index (χ4v) is 6.04. The zero-order chi connectivity index (χ0) is 24.6. The van der Waals surface area contributed by atoms with Crippen LogP contribution in [0.3, 0.4) is 0 Å². The molecule has 190 valence electrons. The number of aliphatic carboxylic acids is 1. The molecule has 1 amide bonds. The predicted molar refractivity (Wildman–Crippen MR) is 137 cm³/mol. The highest BCUT2D eigenvalue weighted by Gasteiger charge is 2.26. The lowest BCUT2D eigenvalue weighted by molar-refractivity contribution is -0.136. The first-order chi connectivity index (χ1) is 17.0. The Balaban J connectivity index is 1.39. The van der Waals surface area contributed by atoms with Crippen LogP contribution in [0.15, 0.2) is 22.8 Å². The van der Waals surface area contributed by atoms with Gasteiger partial charge in [0.05, 0.1) is 0 Å². The average molecular weight is 481 g/mol. The van der Waals surface area contributed by atoms with Crippen LogP contribution in [-0.4, -0.2) is 28.5 Å². The molecule has 0 saturated heterocycles. The summed E-state index contributed by atoms with van der Waals surface area (Å²) in [7, 11) is 0. The molecule has 35 heavy (non-hydrogen) atoms. The monoisotopic (exact) mass is 480 g/mol. The summed E-state index contributed by atoms with van der Waals surface area (Å²) >= 11 is 0. The molecule has 2 aliphatic carbocycles. The lowest BCUT2D eigenvalue weighted by atomic mass is 9.85. The Bertz CT molecular complexity index is 1000. The van der Waals surface area contributed by atoms with Crippen LogP contribution in [-0.2, 0) is 11.2 Å². The maximum absolute atomic E-state index is 12.7. The van der Waals surface area contributed by atoms with Crippen molar-refractivity contribution in [3.05, 3.63) is 40.8 Å². The van der Waals surface area contributed by atoms with E-state index >= 15 is 0 Å². The Labute approximate surface area is 208 Å². The van der Waals surface area contributed by atoms with E-state index in [1.807, 2.05) is 12.1 Å². The Kier molecular flexibility index (Phi) is 9.00. The van der Waals surface area contributed by atoms with E-state index in [0.29, 0.717) is 30.5 Å². The molecule has 2 aliphatic rings. The van der Waals surface area contributed by atoms with Crippen molar-refractivity contribution in [3.8, 4) is 11.5 Å². The highest BCUT2D eigenvalue weighted by atomic mass is 16.4. The van der Waals surface area contributed by atoms with Crippen molar-refractivity contribution >= 4 is 11.9 Å². The number of carboxylic acid groups (broad SMARTS) is 1. The van der Waals surface area contributed by atoms with Gasteiger partial charge in [0, 0.05) is 18.5 Å². The van der Waals surface area contributed by atoms with Crippen molar-refractivity contribution in [2.24, 2.45) is 5.92 Å². The van der Waals surface area contributed by atoms with Gasteiger partial charge in [-0.3, -0.25) is 9.59 Å². The zero-order valence-corrected chi connectivity index (χ0v) is 21.1. The summed E-state index contributed by atoms with van der Waals surface area (Å²) < 4.78 is 5.81. The fourth-order valence-electron chi connectivity index (χ4n) is 6.04. The summed E-state index contributed by atoms with van der Waals surface area (Å²) in [4.78, 5) is 28.3. The van der Waals surface area contributed by atoms with Gasteiger partial charge in [-0.1, -0.05) is 63.9 Å². The SMILES string of the molecule is Cc1c(CCC(=O)O)ccc(-c2nc(C(=O)NCCCCC3CCCCC3)co2)c1C1CCCC1. The van der Waals surface area contributed by atoms with Gasteiger partial charge in [0.15, 0.2) is 5.69 Å². The largest absolute Gasteiger partial charge is 0.481 e. The predicted octanol–water partition coefficient (Wildman–Crippen LogP) is 6.81. The average Bonchev–Trinajstić information content (AvgIpc) is 3.56. The van der Waals surface area contributed by atoms with Gasteiger partial charge in [-0.25, -0.2) is 4.98 Å². The fraction of sp³-hybridized carbons (Fsp3) is 0.621. The molecule has 0 bridgehead atoms. The number of hydrogen-bond acceptors (Lipinski definition) is 4. The number of carboxylic acids is 1. The molecule has 6 nitrogen and oxygen atoms in total. The molecular formula is C29H40N2O4. The third-order valence-corrected chi connectivity index (χ3v) is 8.02. The third-order valence-electron chi connectivity index (χ3n) is 8.02. The quantitative estimate of drug-likeness (QED) is 0.345. The van der Waals surface area contributed by atoms with Crippen molar-refractivity contribution in [1.82, 2.24) is 10.3 Å². The van der Waals surface area contributed by atoms with Crippen LogP contribution in [0, 0.1) is 12.8 Å². The molecule has 0 atom stereocenters. The summed E-state index contributed by atoms with van der Waals surface area (Å²) in [6.07, 6.45) is 17.0.